The maximum absolute atomic E-state index is 12.7. The highest BCUT2D eigenvalue weighted by molar-refractivity contribution is 6.40. The van der Waals surface area contributed by atoms with E-state index in [9.17, 15) is 19.5 Å². The van der Waals surface area contributed by atoms with E-state index in [2.05, 4.69) is 11.5 Å². The van der Waals surface area contributed by atoms with Gasteiger partial charge in [-0.25, -0.2) is 0 Å². The van der Waals surface area contributed by atoms with Crippen molar-refractivity contribution in [3.05, 3.63) is 124 Å². The lowest BCUT2D eigenvalue weighted by Gasteiger charge is -2.00. The lowest BCUT2D eigenvalue weighted by molar-refractivity contribution is 0.0986. The van der Waals surface area contributed by atoms with E-state index >= 15 is 0 Å². The van der Waals surface area contributed by atoms with Gasteiger partial charge in [-0.2, -0.15) is 0 Å². The molecule has 146 valence electrons. The molecule has 0 saturated heterocycles. The normalized spacial score (nSPS) is 14.3. The first-order valence-electron chi connectivity index (χ1n) is 9.63. The van der Waals surface area contributed by atoms with Gasteiger partial charge in [0.05, 0.1) is 11.1 Å². The molecule has 0 aliphatic heterocycles. The van der Waals surface area contributed by atoms with Crippen LogP contribution in [0.3, 0.4) is 0 Å². The number of allylic oxidation sites excluding steroid dienone is 5. The zero-order chi connectivity index (χ0) is 21.5. The van der Waals surface area contributed by atoms with E-state index in [-0.39, 0.29) is 34.3 Å². The summed E-state index contributed by atoms with van der Waals surface area (Å²) >= 11 is 0. The molecule has 4 heteroatoms. The number of hydrogen-bond donors (Lipinski definition) is 1. The van der Waals surface area contributed by atoms with Crippen molar-refractivity contribution in [2.24, 2.45) is 0 Å². The average molecular weight is 402 g/mol. The van der Waals surface area contributed by atoms with Gasteiger partial charge in [-0.15, -0.1) is 0 Å². The predicted octanol–water partition coefficient (Wildman–Crippen LogP) is 5.18. The van der Waals surface area contributed by atoms with Gasteiger partial charge in [-0.3, -0.25) is 14.4 Å². The van der Waals surface area contributed by atoms with Crippen molar-refractivity contribution in [3.8, 4) is 0 Å². The lowest BCUT2D eigenvalue weighted by atomic mass is 10.0. The van der Waals surface area contributed by atoms with Crippen molar-refractivity contribution < 1.29 is 19.5 Å². The van der Waals surface area contributed by atoms with Crippen LogP contribution in [-0.2, 0) is 0 Å². The molecule has 2 aliphatic rings. The Hall–Kier alpha value is -4.49. The zero-order valence-corrected chi connectivity index (χ0v) is 16.2. The Balaban J connectivity index is 1.45. The maximum atomic E-state index is 12.7. The number of Topliss-reactive ketones (excluding diaryl/α,β-unsaturated/α-hetero) is 3. The van der Waals surface area contributed by atoms with Gasteiger partial charge >= 0.3 is 0 Å². The fourth-order valence-electron chi connectivity index (χ4n) is 3.87. The minimum absolute atomic E-state index is 0.0611. The molecule has 0 bridgehead atoms. The van der Waals surface area contributed by atoms with E-state index in [1.807, 2.05) is 24.3 Å². The second-order valence-corrected chi connectivity index (χ2v) is 7.22. The average Bonchev–Trinajstić information content (AvgIpc) is 3.17. The molecule has 0 heterocycles. The summed E-state index contributed by atoms with van der Waals surface area (Å²) < 4.78 is 0. The minimum atomic E-state index is -0.324. The van der Waals surface area contributed by atoms with Crippen molar-refractivity contribution in [2.75, 3.05) is 0 Å². The smallest absolute Gasteiger partial charge is 0.198 e. The van der Waals surface area contributed by atoms with Gasteiger partial charge in [0.1, 0.15) is 5.76 Å². The topological polar surface area (TPSA) is 71.4 Å². The minimum Gasteiger partial charge on any atom is -0.507 e. The summed E-state index contributed by atoms with van der Waals surface area (Å²) in [6.45, 7) is 0. The van der Waals surface area contributed by atoms with Crippen molar-refractivity contribution >= 4 is 33.9 Å². The molecular formula is C27H14O4. The number of rotatable bonds is 2. The fraction of sp³-hybridized carbons (Fsp3) is 0. The Morgan fingerprint density at radius 2 is 1.26 bits per heavy atom. The summed E-state index contributed by atoms with van der Waals surface area (Å²) in [6, 6.07) is 17.8. The first-order valence-corrected chi connectivity index (χ1v) is 9.63. The molecule has 0 aromatic heterocycles. The van der Waals surface area contributed by atoms with Crippen molar-refractivity contribution in [1.82, 2.24) is 0 Å². The number of carbonyl (C=O) groups is 3. The number of fused-ring (bicyclic) bond motifs is 3. The summed E-state index contributed by atoms with van der Waals surface area (Å²) in [6.07, 6.45) is 4.14. The van der Waals surface area contributed by atoms with Crippen molar-refractivity contribution in [2.45, 2.75) is 0 Å². The van der Waals surface area contributed by atoms with Crippen LogP contribution in [-0.4, -0.2) is 22.5 Å². The highest BCUT2D eigenvalue weighted by Gasteiger charge is 2.33. The van der Waals surface area contributed by atoms with E-state index in [1.165, 1.54) is 18.2 Å². The van der Waals surface area contributed by atoms with Crippen molar-refractivity contribution in [3.63, 3.8) is 0 Å². The van der Waals surface area contributed by atoms with Gasteiger partial charge in [-0.05, 0) is 35.1 Å². The van der Waals surface area contributed by atoms with Crippen LogP contribution >= 0.6 is 0 Å². The summed E-state index contributed by atoms with van der Waals surface area (Å²) in [4.78, 5) is 37.7. The Labute approximate surface area is 177 Å². The molecule has 0 fully saturated rings. The molecule has 0 unspecified atom stereocenters. The number of aliphatic hydroxyl groups is 1. The van der Waals surface area contributed by atoms with E-state index < -0.39 is 0 Å². The van der Waals surface area contributed by atoms with Crippen LogP contribution in [0.2, 0.25) is 0 Å². The summed E-state index contributed by atoms with van der Waals surface area (Å²) in [5.41, 5.74) is 7.29. The largest absolute Gasteiger partial charge is 0.507 e. The van der Waals surface area contributed by atoms with Gasteiger partial charge < -0.3 is 5.11 Å². The lowest BCUT2D eigenvalue weighted by Crippen LogP contribution is -1.99. The van der Waals surface area contributed by atoms with Gasteiger partial charge in [0.2, 0.25) is 0 Å². The number of aliphatic hydroxyl groups excluding tert-OH is 1. The Kier molecular flexibility index (Phi) is 4.24. The number of hydrogen-bond acceptors (Lipinski definition) is 4. The third-order valence-corrected chi connectivity index (χ3v) is 5.42. The number of ketones is 3. The Morgan fingerprint density at radius 3 is 1.87 bits per heavy atom. The summed E-state index contributed by atoms with van der Waals surface area (Å²) in [5.74, 6) is -1.04. The van der Waals surface area contributed by atoms with Crippen LogP contribution in [0.4, 0.5) is 0 Å². The summed E-state index contributed by atoms with van der Waals surface area (Å²) in [5, 5.41) is 12.0. The molecule has 0 radical (unpaired) electrons. The monoisotopic (exact) mass is 402 g/mol. The van der Waals surface area contributed by atoms with Crippen LogP contribution in [0.15, 0.2) is 102 Å². The second kappa shape index (κ2) is 7.08. The zero-order valence-electron chi connectivity index (χ0n) is 16.2. The quantitative estimate of drug-likeness (QED) is 0.364. The van der Waals surface area contributed by atoms with Crippen LogP contribution in [0.25, 0.3) is 16.5 Å². The number of benzene rings is 3. The molecule has 31 heavy (non-hydrogen) atoms. The van der Waals surface area contributed by atoms with E-state index in [4.69, 9.17) is 0 Å². The highest BCUT2D eigenvalue weighted by atomic mass is 16.3. The summed E-state index contributed by atoms with van der Waals surface area (Å²) in [7, 11) is 0. The van der Waals surface area contributed by atoms with E-state index in [0.29, 0.717) is 22.3 Å². The van der Waals surface area contributed by atoms with Crippen LogP contribution < -0.4 is 0 Å². The fourth-order valence-corrected chi connectivity index (χ4v) is 3.87. The predicted molar refractivity (Wildman–Crippen MR) is 117 cm³/mol. The third-order valence-electron chi connectivity index (χ3n) is 5.42. The molecule has 3 aromatic carbocycles. The van der Waals surface area contributed by atoms with Crippen molar-refractivity contribution in [1.29, 1.82) is 0 Å². The van der Waals surface area contributed by atoms with Gasteiger partial charge in [0.25, 0.3) is 0 Å². The van der Waals surface area contributed by atoms with E-state index in [1.54, 1.807) is 36.4 Å². The van der Waals surface area contributed by atoms with Gasteiger partial charge in [0.15, 0.2) is 17.3 Å². The van der Waals surface area contributed by atoms with Crippen LogP contribution in [0, 0.1) is 0 Å². The van der Waals surface area contributed by atoms with Gasteiger partial charge in [-0.1, -0.05) is 60.0 Å². The van der Waals surface area contributed by atoms with Gasteiger partial charge in [0, 0.05) is 28.3 Å². The van der Waals surface area contributed by atoms with Crippen LogP contribution in [0.5, 0.6) is 0 Å². The third kappa shape index (κ3) is 2.92. The molecular weight excluding hydrogens is 388 g/mol. The Bertz CT molecular complexity index is 1440. The second-order valence-electron chi connectivity index (χ2n) is 7.22. The standard InChI is InChI=1S/C27H14O4/c28-24-18-10-6-7-11-19(18)25(29)20(24)12-2-1-3-13-21-26(30)22-14-16-8-4-5-9-17(16)15-23(22)27(21)31/h3-15,28H. The molecule has 0 amide bonds. The first kappa shape index (κ1) is 18.5. The van der Waals surface area contributed by atoms with Crippen LogP contribution in [0.1, 0.15) is 36.6 Å². The van der Waals surface area contributed by atoms with E-state index in [0.717, 1.165) is 10.8 Å². The number of carbonyl (C=O) groups excluding carboxylic acids is 3. The molecule has 1 N–H and O–H groups in total. The molecule has 0 spiro atoms. The molecule has 5 rings (SSSR count). The molecule has 2 aliphatic carbocycles. The Morgan fingerprint density at radius 1 is 0.677 bits per heavy atom. The molecule has 0 saturated carbocycles. The SMILES string of the molecule is O=C1C(=CC=C=C=CC2=C(O)c3ccccc3C2=O)C(=O)c2cc3ccccc3cc21. The first-order chi connectivity index (χ1) is 15.1. The highest BCUT2D eigenvalue weighted by Crippen LogP contribution is 2.32. The molecule has 4 nitrogen and oxygen atoms in total. The maximum Gasteiger partial charge on any atom is 0.198 e. The molecule has 3 aromatic rings. The molecule has 0 atom stereocenters.